The molecule has 2 aromatic rings. The monoisotopic (exact) mass is 448 g/mol. The molecule has 2 aromatic carbocycles. The summed E-state index contributed by atoms with van der Waals surface area (Å²) in [6, 6.07) is 8.92. The van der Waals surface area contributed by atoms with Gasteiger partial charge in [0.1, 0.15) is 12.2 Å². The molecule has 0 amide bonds. The van der Waals surface area contributed by atoms with Gasteiger partial charge < -0.3 is 14.2 Å². The number of rotatable bonds is 3. The first-order valence-electron chi connectivity index (χ1n) is 10.5. The smallest absolute Gasteiger partial charge is 0.339 e. The van der Waals surface area contributed by atoms with Crippen molar-refractivity contribution in [3.8, 4) is 11.5 Å². The molecule has 1 unspecified atom stereocenters. The fourth-order valence-corrected chi connectivity index (χ4v) is 5.02. The van der Waals surface area contributed by atoms with Gasteiger partial charge in [-0.25, -0.2) is 4.79 Å². The van der Waals surface area contributed by atoms with Crippen molar-refractivity contribution in [1.29, 1.82) is 0 Å². The van der Waals surface area contributed by atoms with E-state index in [1.807, 2.05) is 6.07 Å². The van der Waals surface area contributed by atoms with Crippen LogP contribution < -0.4 is 9.47 Å². The van der Waals surface area contributed by atoms with Gasteiger partial charge in [-0.1, -0.05) is 42.6 Å². The van der Waals surface area contributed by atoms with Crippen molar-refractivity contribution < 1.29 is 19.0 Å². The molecular weight excluding hydrogens is 423 g/mol. The molecule has 0 aromatic heterocycles. The van der Waals surface area contributed by atoms with E-state index < -0.39 is 5.97 Å². The van der Waals surface area contributed by atoms with Gasteiger partial charge in [-0.15, -0.1) is 0 Å². The molecule has 4 bridgehead atoms. The van der Waals surface area contributed by atoms with E-state index in [-0.39, 0.29) is 18.1 Å². The Hall–Kier alpha value is -1.91. The third-order valence-electron chi connectivity index (χ3n) is 6.14. The maximum atomic E-state index is 13.0. The van der Waals surface area contributed by atoms with Gasteiger partial charge >= 0.3 is 5.97 Å². The number of fused-ring (bicyclic) bond motifs is 1. The normalized spacial score (nSPS) is 23.3. The predicted octanol–water partition coefficient (Wildman–Crippen LogP) is 6.60. The first-order chi connectivity index (χ1) is 14.5. The number of carbonyl (C=O) groups excluding carboxylic acids is 1. The zero-order valence-corrected chi connectivity index (χ0v) is 18.8. The van der Waals surface area contributed by atoms with E-state index in [0.29, 0.717) is 22.0 Å². The van der Waals surface area contributed by atoms with Gasteiger partial charge in [0.2, 0.25) is 0 Å². The van der Waals surface area contributed by atoms with Gasteiger partial charge in [-0.3, -0.25) is 0 Å². The molecule has 2 heterocycles. The van der Waals surface area contributed by atoms with Crippen LogP contribution in [0, 0.1) is 0 Å². The standard InChI is InChI=1S/C24H26Cl2O4/c1-14-21(30-24(27)18-10-9-16(25)12-19(18)26)13-17-7-5-3-4-6-15-8-11-20(28-2)23(29-17)22(14)15/h8-12,14,17,21H,3-7,13H2,1-2H3/t14-,17?,21+/m0/s1. The summed E-state index contributed by atoms with van der Waals surface area (Å²) in [6.07, 6.45) is 5.58. The molecule has 4 rings (SSSR count). The highest BCUT2D eigenvalue weighted by atomic mass is 35.5. The lowest BCUT2D eigenvalue weighted by molar-refractivity contribution is 0.0141. The highest BCUT2D eigenvalue weighted by Crippen LogP contribution is 2.45. The SMILES string of the molecule is COc1ccc2c3c1OC(CCCCC2)C[C@@H](OC(=O)c1ccc(Cl)cc1Cl)[C@@H]3C. The second-order valence-electron chi connectivity index (χ2n) is 8.10. The third-order valence-corrected chi connectivity index (χ3v) is 6.69. The second kappa shape index (κ2) is 9.07. The number of esters is 1. The summed E-state index contributed by atoms with van der Waals surface area (Å²) in [4.78, 5) is 13.0. The minimum Gasteiger partial charge on any atom is -0.493 e. The highest BCUT2D eigenvalue weighted by molar-refractivity contribution is 6.36. The van der Waals surface area contributed by atoms with Crippen LogP contribution in [-0.2, 0) is 11.2 Å². The number of methoxy groups -OCH3 is 1. The van der Waals surface area contributed by atoms with Crippen molar-refractivity contribution in [1.82, 2.24) is 0 Å². The number of halogens is 2. The summed E-state index contributed by atoms with van der Waals surface area (Å²) in [6.45, 7) is 2.10. The van der Waals surface area contributed by atoms with Crippen LogP contribution in [0.25, 0.3) is 0 Å². The van der Waals surface area contributed by atoms with Gasteiger partial charge in [0.25, 0.3) is 0 Å². The Kier molecular flexibility index (Phi) is 6.45. The molecule has 0 N–H and O–H groups in total. The van der Waals surface area contributed by atoms with Gasteiger partial charge in [-0.05, 0) is 55.5 Å². The Morgan fingerprint density at radius 1 is 1.13 bits per heavy atom. The number of aryl methyl sites for hydroxylation is 1. The Labute approximate surface area is 187 Å². The molecule has 0 saturated carbocycles. The summed E-state index contributed by atoms with van der Waals surface area (Å²) in [5.74, 6) is 1.08. The van der Waals surface area contributed by atoms with Crippen LogP contribution in [0.2, 0.25) is 10.0 Å². The molecule has 4 nitrogen and oxygen atoms in total. The number of hydrogen-bond donors (Lipinski definition) is 0. The molecule has 0 aliphatic carbocycles. The van der Waals surface area contributed by atoms with Gasteiger partial charge in [0.15, 0.2) is 11.5 Å². The molecule has 2 aliphatic rings. The molecule has 0 radical (unpaired) electrons. The second-order valence-corrected chi connectivity index (χ2v) is 8.94. The summed E-state index contributed by atoms with van der Waals surface area (Å²) in [5.41, 5.74) is 2.66. The molecule has 6 heteroatoms. The fraction of sp³-hybridized carbons (Fsp3) is 0.458. The van der Waals surface area contributed by atoms with Gasteiger partial charge in [0, 0.05) is 22.9 Å². The zero-order chi connectivity index (χ0) is 21.3. The summed E-state index contributed by atoms with van der Waals surface area (Å²) in [5, 5.41) is 0.777. The molecular formula is C24H26Cl2O4. The minimum atomic E-state index is -0.435. The van der Waals surface area contributed by atoms with Crippen molar-refractivity contribution in [2.75, 3.05) is 7.11 Å². The van der Waals surface area contributed by atoms with Crippen LogP contribution in [0.5, 0.6) is 11.5 Å². The van der Waals surface area contributed by atoms with Gasteiger partial charge in [-0.2, -0.15) is 0 Å². The van der Waals surface area contributed by atoms with Crippen LogP contribution in [0.1, 0.15) is 66.4 Å². The first-order valence-corrected chi connectivity index (χ1v) is 11.3. The van der Waals surface area contributed by atoms with Crippen molar-refractivity contribution in [2.45, 2.75) is 63.6 Å². The number of hydrogen-bond acceptors (Lipinski definition) is 4. The van der Waals surface area contributed by atoms with Crippen molar-refractivity contribution in [3.05, 3.63) is 57.1 Å². The quantitative estimate of drug-likeness (QED) is 0.496. The number of carbonyl (C=O) groups is 1. The van der Waals surface area contributed by atoms with Crippen molar-refractivity contribution in [2.24, 2.45) is 0 Å². The van der Waals surface area contributed by atoms with Crippen LogP contribution in [0.4, 0.5) is 0 Å². The van der Waals surface area contributed by atoms with Crippen LogP contribution >= 0.6 is 23.2 Å². The van der Waals surface area contributed by atoms with Gasteiger partial charge in [0.05, 0.1) is 17.7 Å². The average Bonchev–Trinajstić information content (AvgIpc) is 2.86. The lowest BCUT2D eigenvalue weighted by Crippen LogP contribution is -2.28. The summed E-state index contributed by atoms with van der Waals surface area (Å²) < 4.78 is 18.1. The zero-order valence-electron chi connectivity index (χ0n) is 17.3. The Morgan fingerprint density at radius 2 is 1.97 bits per heavy atom. The number of benzene rings is 2. The predicted molar refractivity (Wildman–Crippen MR) is 118 cm³/mol. The largest absolute Gasteiger partial charge is 0.493 e. The van der Waals surface area contributed by atoms with E-state index in [4.69, 9.17) is 37.4 Å². The van der Waals surface area contributed by atoms with E-state index in [2.05, 4.69) is 13.0 Å². The molecule has 0 fully saturated rings. The Balaban J connectivity index is 1.71. The van der Waals surface area contributed by atoms with E-state index in [0.717, 1.165) is 42.7 Å². The van der Waals surface area contributed by atoms with Crippen LogP contribution in [-0.4, -0.2) is 25.3 Å². The molecule has 0 saturated heterocycles. The number of ether oxygens (including phenoxy) is 3. The summed E-state index contributed by atoms with van der Waals surface area (Å²) in [7, 11) is 1.66. The third kappa shape index (κ3) is 4.26. The van der Waals surface area contributed by atoms with E-state index in [1.165, 1.54) is 12.0 Å². The lowest BCUT2D eigenvalue weighted by Gasteiger charge is -2.25. The highest BCUT2D eigenvalue weighted by Gasteiger charge is 2.36. The van der Waals surface area contributed by atoms with Crippen molar-refractivity contribution >= 4 is 29.2 Å². The van der Waals surface area contributed by atoms with E-state index in [1.54, 1.807) is 25.3 Å². The molecule has 0 spiro atoms. The molecule has 3 atom stereocenters. The minimum absolute atomic E-state index is 0.0248. The van der Waals surface area contributed by atoms with Crippen molar-refractivity contribution in [3.63, 3.8) is 0 Å². The first kappa shape index (κ1) is 21.3. The molecule has 160 valence electrons. The maximum Gasteiger partial charge on any atom is 0.339 e. The summed E-state index contributed by atoms with van der Waals surface area (Å²) >= 11 is 12.2. The van der Waals surface area contributed by atoms with E-state index in [9.17, 15) is 4.79 Å². The maximum absolute atomic E-state index is 13.0. The Bertz CT molecular complexity index is 943. The lowest BCUT2D eigenvalue weighted by atomic mass is 9.87. The van der Waals surface area contributed by atoms with Crippen LogP contribution in [0.15, 0.2) is 30.3 Å². The molecule has 2 aliphatic heterocycles. The van der Waals surface area contributed by atoms with E-state index >= 15 is 0 Å². The van der Waals surface area contributed by atoms with Crippen LogP contribution in [0.3, 0.4) is 0 Å². The average molecular weight is 449 g/mol. The topological polar surface area (TPSA) is 44.8 Å². The molecule has 30 heavy (non-hydrogen) atoms. The fourth-order valence-electron chi connectivity index (χ4n) is 4.53. The Morgan fingerprint density at radius 3 is 2.73 bits per heavy atom.